The smallest absolute Gasteiger partial charge is 0.0728 e. The van der Waals surface area contributed by atoms with Gasteiger partial charge >= 0.3 is 0 Å². The second kappa shape index (κ2) is 5.61. The summed E-state index contributed by atoms with van der Waals surface area (Å²) in [7, 11) is 0. The van der Waals surface area contributed by atoms with Crippen LogP contribution in [0.1, 0.15) is 46.0 Å². The first-order valence-electron chi connectivity index (χ1n) is 5.63. The normalized spacial score (nSPS) is 28.4. The van der Waals surface area contributed by atoms with Crippen LogP contribution in [0.15, 0.2) is 0 Å². The van der Waals surface area contributed by atoms with Crippen LogP contribution < -0.4 is 5.73 Å². The van der Waals surface area contributed by atoms with E-state index in [-0.39, 0.29) is 6.04 Å². The standard InChI is InChI=1S/C11H23NO/c1-3-6-9(2)11(12)10-7-4-5-8-13-10/h9-11H,3-8,12H2,1-2H3. The number of ether oxygens (including phenoxy) is 1. The Morgan fingerprint density at radius 1 is 1.46 bits per heavy atom. The Kier molecular flexibility index (Phi) is 4.74. The fraction of sp³-hybridized carbons (Fsp3) is 1.00. The molecule has 2 N–H and O–H groups in total. The highest BCUT2D eigenvalue weighted by Gasteiger charge is 2.25. The number of nitrogens with two attached hydrogens (primary N) is 1. The predicted octanol–water partition coefficient (Wildman–Crippen LogP) is 2.32. The average molecular weight is 185 g/mol. The minimum absolute atomic E-state index is 0.250. The van der Waals surface area contributed by atoms with Crippen LogP contribution >= 0.6 is 0 Å². The van der Waals surface area contributed by atoms with E-state index in [9.17, 15) is 0 Å². The molecule has 1 heterocycles. The second-order valence-corrected chi connectivity index (χ2v) is 4.25. The van der Waals surface area contributed by atoms with E-state index in [1.807, 2.05) is 0 Å². The average Bonchev–Trinajstić information content (AvgIpc) is 2.18. The van der Waals surface area contributed by atoms with E-state index >= 15 is 0 Å². The van der Waals surface area contributed by atoms with Crippen LogP contribution in [-0.2, 0) is 4.74 Å². The van der Waals surface area contributed by atoms with Crippen LogP contribution in [0.25, 0.3) is 0 Å². The van der Waals surface area contributed by atoms with Gasteiger partial charge in [0.15, 0.2) is 0 Å². The molecule has 0 bridgehead atoms. The van der Waals surface area contributed by atoms with Crippen molar-refractivity contribution in [2.45, 2.75) is 58.1 Å². The fourth-order valence-corrected chi connectivity index (χ4v) is 2.08. The van der Waals surface area contributed by atoms with E-state index in [1.165, 1.54) is 25.7 Å². The molecule has 0 radical (unpaired) electrons. The SMILES string of the molecule is CCCC(C)C(N)C1CCCCO1. The molecular formula is C11H23NO. The van der Waals surface area contributed by atoms with Gasteiger partial charge in [-0.25, -0.2) is 0 Å². The lowest BCUT2D eigenvalue weighted by atomic mass is 9.90. The molecule has 3 unspecified atom stereocenters. The van der Waals surface area contributed by atoms with Gasteiger partial charge in [-0.2, -0.15) is 0 Å². The topological polar surface area (TPSA) is 35.2 Å². The predicted molar refractivity (Wildman–Crippen MR) is 55.6 cm³/mol. The molecule has 0 aromatic rings. The minimum atomic E-state index is 0.250. The van der Waals surface area contributed by atoms with Crippen molar-refractivity contribution in [3.63, 3.8) is 0 Å². The Morgan fingerprint density at radius 3 is 2.77 bits per heavy atom. The molecule has 1 aliphatic heterocycles. The Hall–Kier alpha value is -0.0800. The van der Waals surface area contributed by atoms with Gasteiger partial charge in [-0.15, -0.1) is 0 Å². The van der Waals surface area contributed by atoms with Crippen LogP contribution in [0.5, 0.6) is 0 Å². The molecule has 2 heteroatoms. The van der Waals surface area contributed by atoms with Crippen LogP contribution in [-0.4, -0.2) is 18.8 Å². The van der Waals surface area contributed by atoms with E-state index in [4.69, 9.17) is 10.5 Å². The van der Waals surface area contributed by atoms with Gasteiger partial charge in [0.1, 0.15) is 0 Å². The Bertz CT molecular complexity index is 132. The number of rotatable bonds is 4. The van der Waals surface area contributed by atoms with Gasteiger partial charge in [0.2, 0.25) is 0 Å². The summed E-state index contributed by atoms with van der Waals surface area (Å²) in [6.45, 7) is 5.37. The van der Waals surface area contributed by atoms with Crippen molar-refractivity contribution in [3.05, 3.63) is 0 Å². The summed E-state index contributed by atoms with van der Waals surface area (Å²) >= 11 is 0. The molecule has 0 aromatic carbocycles. The van der Waals surface area contributed by atoms with Crippen molar-refractivity contribution >= 4 is 0 Å². The monoisotopic (exact) mass is 185 g/mol. The van der Waals surface area contributed by atoms with Crippen molar-refractivity contribution in [2.75, 3.05) is 6.61 Å². The zero-order valence-corrected chi connectivity index (χ0v) is 8.96. The maximum absolute atomic E-state index is 6.15. The van der Waals surface area contributed by atoms with Crippen molar-refractivity contribution in [3.8, 4) is 0 Å². The lowest BCUT2D eigenvalue weighted by Crippen LogP contribution is -2.43. The second-order valence-electron chi connectivity index (χ2n) is 4.25. The van der Waals surface area contributed by atoms with Gasteiger partial charge in [-0.05, 0) is 31.6 Å². The molecule has 1 rings (SSSR count). The van der Waals surface area contributed by atoms with Crippen LogP contribution in [0.4, 0.5) is 0 Å². The van der Waals surface area contributed by atoms with Crippen molar-refractivity contribution < 1.29 is 4.74 Å². The lowest BCUT2D eigenvalue weighted by Gasteiger charge is -2.31. The Morgan fingerprint density at radius 2 is 2.23 bits per heavy atom. The van der Waals surface area contributed by atoms with Crippen LogP contribution in [0, 0.1) is 5.92 Å². The molecule has 0 aromatic heterocycles. The first-order valence-corrected chi connectivity index (χ1v) is 5.63. The van der Waals surface area contributed by atoms with E-state index in [0.29, 0.717) is 12.0 Å². The Balaban J connectivity index is 2.31. The first-order chi connectivity index (χ1) is 6.25. The molecule has 1 aliphatic rings. The molecule has 0 amide bonds. The fourth-order valence-electron chi connectivity index (χ4n) is 2.08. The third-order valence-electron chi connectivity index (χ3n) is 3.05. The number of hydrogen-bond acceptors (Lipinski definition) is 2. The highest BCUT2D eigenvalue weighted by Crippen LogP contribution is 2.21. The highest BCUT2D eigenvalue weighted by molar-refractivity contribution is 4.80. The molecule has 0 saturated carbocycles. The highest BCUT2D eigenvalue weighted by atomic mass is 16.5. The number of hydrogen-bond donors (Lipinski definition) is 1. The summed E-state index contributed by atoms with van der Waals surface area (Å²) in [6.07, 6.45) is 6.44. The quantitative estimate of drug-likeness (QED) is 0.729. The van der Waals surface area contributed by atoms with Crippen LogP contribution in [0.3, 0.4) is 0 Å². The summed E-state index contributed by atoms with van der Waals surface area (Å²) < 4.78 is 5.68. The third-order valence-corrected chi connectivity index (χ3v) is 3.05. The first kappa shape index (κ1) is 11.0. The summed E-state index contributed by atoms with van der Waals surface area (Å²) in [5.74, 6) is 0.605. The van der Waals surface area contributed by atoms with Gasteiger partial charge < -0.3 is 10.5 Å². The van der Waals surface area contributed by atoms with Crippen molar-refractivity contribution in [2.24, 2.45) is 11.7 Å². The van der Waals surface area contributed by atoms with E-state index in [2.05, 4.69) is 13.8 Å². The molecule has 1 saturated heterocycles. The molecule has 0 aliphatic carbocycles. The van der Waals surface area contributed by atoms with E-state index < -0.39 is 0 Å². The van der Waals surface area contributed by atoms with Gasteiger partial charge in [0, 0.05) is 12.6 Å². The summed E-state index contributed by atoms with van der Waals surface area (Å²) in [6, 6.07) is 0.250. The zero-order valence-electron chi connectivity index (χ0n) is 8.96. The summed E-state index contributed by atoms with van der Waals surface area (Å²) in [5, 5.41) is 0. The van der Waals surface area contributed by atoms with Gasteiger partial charge in [0.25, 0.3) is 0 Å². The summed E-state index contributed by atoms with van der Waals surface area (Å²) in [5.41, 5.74) is 6.15. The lowest BCUT2D eigenvalue weighted by molar-refractivity contribution is -0.0107. The minimum Gasteiger partial charge on any atom is -0.377 e. The maximum atomic E-state index is 6.15. The van der Waals surface area contributed by atoms with Gasteiger partial charge in [0.05, 0.1) is 6.10 Å². The van der Waals surface area contributed by atoms with Crippen molar-refractivity contribution in [1.29, 1.82) is 0 Å². The van der Waals surface area contributed by atoms with Gasteiger partial charge in [-0.1, -0.05) is 20.3 Å². The largest absolute Gasteiger partial charge is 0.377 e. The van der Waals surface area contributed by atoms with E-state index in [0.717, 1.165) is 13.0 Å². The molecule has 3 atom stereocenters. The van der Waals surface area contributed by atoms with E-state index in [1.54, 1.807) is 0 Å². The maximum Gasteiger partial charge on any atom is 0.0728 e. The molecular weight excluding hydrogens is 162 g/mol. The third kappa shape index (κ3) is 3.28. The summed E-state index contributed by atoms with van der Waals surface area (Å²) in [4.78, 5) is 0. The molecule has 0 spiro atoms. The molecule has 1 fully saturated rings. The molecule has 13 heavy (non-hydrogen) atoms. The Labute approximate surface area is 81.8 Å². The van der Waals surface area contributed by atoms with Crippen LogP contribution in [0.2, 0.25) is 0 Å². The molecule has 78 valence electrons. The van der Waals surface area contributed by atoms with Crippen molar-refractivity contribution in [1.82, 2.24) is 0 Å². The van der Waals surface area contributed by atoms with Gasteiger partial charge in [-0.3, -0.25) is 0 Å². The molecule has 2 nitrogen and oxygen atoms in total. The zero-order chi connectivity index (χ0) is 9.68.